The summed E-state index contributed by atoms with van der Waals surface area (Å²) in [5, 5.41) is 1.01. The van der Waals surface area contributed by atoms with Crippen molar-refractivity contribution < 1.29 is 24.0 Å². The molecule has 1 aliphatic rings. The molecule has 3 rings (SSSR count). The Hall–Kier alpha value is -2.86. The first kappa shape index (κ1) is 17.0. The molecule has 25 heavy (non-hydrogen) atoms. The summed E-state index contributed by atoms with van der Waals surface area (Å²) < 4.78 is 5.54. The second-order valence-electron chi connectivity index (χ2n) is 5.53. The minimum atomic E-state index is -1.02. The van der Waals surface area contributed by atoms with Gasteiger partial charge in [-0.05, 0) is 49.7 Å². The number of amides is 2. The van der Waals surface area contributed by atoms with Crippen LogP contribution < -0.4 is 4.74 Å². The number of carbonyl (C=O) groups is 3. The average molecular weight is 360 g/mol. The molecule has 2 aromatic rings. The number of carbonyl (C=O) groups excluding carboxylic acids is 3. The van der Waals surface area contributed by atoms with Crippen LogP contribution in [0.3, 0.4) is 0 Å². The van der Waals surface area contributed by atoms with Crippen LogP contribution in [0.4, 0.5) is 0 Å². The van der Waals surface area contributed by atoms with Crippen molar-refractivity contribution in [2.75, 3.05) is 0 Å². The molecule has 0 N–H and O–H groups in total. The summed E-state index contributed by atoms with van der Waals surface area (Å²) in [7, 11) is 0. The van der Waals surface area contributed by atoms with E-state index in [1.165, 1.54) is 19.1 Å². The smallest absolute Gasteiger partial charge is 0.373 e. The van der Waals surface area contributed by atoms with Gasteiger partial charge in [-0.2, -0.15) is 0 Å². The van der Waals surface area contributed by atoms with E-state index < -0.39 is 23.9 Å². The summed E-state index contributed by atoms with van der Waals surface area (Å²) in [5.41, 5.74) is 1.14. The highest BCUT2D eigenvalue weighted by Gasteiger charge is 2.39. The van der Waals surface area contributed by atoms with Crippen molar-refractivity contribution in [3.05, 3.63) is 64.2 Å². The third-order valence-electron chi connectivity index (χ3n) is 3.71. The molecule has 2 amide bonds. The van der Waals surface area contributed by atoms with E-state index >= 15 is 0 Å². The molecule has 0 fully saturated rings. The van der Waals surface area contributed by atoms with Gasteiger partial charge in [0.15, 0.2) is 6.10 Å². The first-order valence-corrected chi connectivity index (χ1v) is 7.88. The predicted molar refractivity (Wildman–Crippen MR) is 89.3 cm³/mol. The maximum Gasteiger partial charge on any atom is 0.373 e. The van der Waals surface area contributed by atoms with Crippen molar-refractivity contribution in [2.24, 2.45) is 0 Å². The molecule has 0 radical (unpaired) electrons. The molecule has 1 heterocycles. The highest BCUT2D eigenvalue weighted by molar-refractivity contribution is 6.30. The van der Waals surface area contributed by atoms with Gasteiger partial charge in [-0.15, -0.1) is 0 Å². The Morgan fingerprint density at radius 2 is 1.68 bits per heavy atom. The molecule has 1 unspecified atom stereocenters. The van der Waals surface area contributed by atoms with Crippen LogP contribution in [0.5, 0.6) is 5.75 Å². The first-order chi connectivity index (χ1) is 11.9. The van der Waals surface area contributed by atoms with Crippen molar-refractivity contribution in [1.82, 2.24) is 5.06 Å². The SMILES string of the molecule is Cc1cc(Cl)ccc1OC(C)C(=O)ON1C(=O)c2ccccc2C1=O. The molecule has 0 aromatic heterocycles. The van der Waals surface area contributed by atoms with Crippen LogP contribution in [0, 0.1) is 6.92 Å². The number of rotatable bonds is 4. The molecule has 0 aliphatic carbocycles. The van der Waals surface area contributed by atoms with Gasteiger partial charge in [-0.1, -0.05) is 28.8 Å². The van der Waals surface area contributed by atoms with Gasteiger partial charge < -0.3 is 9.57 Å². The lowest BCUT2D eigenvalue weighted by Gasteiger charge is -2.18. The number of fused-ring (bicyclic) bond motifs is 1. The number of halogens is 1. The topological polar surface area (TPSA) is 72.9 Å². The van der Waals surface area contributed by atoms with Gasteiger partial charge in [-0.3, -0.25) is 9.59 Å². The van der Waals surface area contributed by atoms with Gasteiger partial charge in [0.05, 0.1) is 11.1 Å². The maximum atomic E-state index is 12.2. The van der Waals surface area contributed by atoms with E-state index in [-0.39, 0.29) is 11.1 Å². The van der Waals surface area contributed by atoms with Gasteiger partial charge in [0.2, 0.25) is 0 Å². The number of aryl methyl sites for hydroxylation is 1. The van der Waals surface area contributed by atoms with Crippen molar-refractivity contribution in [2.45, 2.75) is 20.0 Å². The number of ether oxygens (including phenoxy) is 1. The largest absolute Gasteiger partial charge is 0.479 e. The molecule has 0 spiro atoms. The Labute approximate surface area is 148 Å². The Morgan fingerprint density at radius 3 is 2.24 bits per heavy atom. The summed E-state index contributed by atoms with van der Waals surface area (Å²) in [6.45, 7) is 3.25. The molecular formula is C18H14ClNO5. The van der Waals surface area contributed by atoms with E-state index in [2.05, 4.69) is 0 Å². The Balaban J connectivity index is 1.70. The van der Waals surface area contributed by atoms with Crippen LogP contribution in [0.25, 0.3) is 0 Å². The monoisotopic (exact) mass is 359 g/mol. The number of hydrogen-bond acceptors (Lipinski definition) is 5. The molecule has 2 aromatic carbocycles. The standard InChI is InChI=1S/C18H14ClNO5/c1-10-9-12(19)7-8-15(10)24-11(2)18(23)25-20-16(21)13-5-3-4-6-14(13)17(20)22/h3-9,11H,1-2H3. The number of imide groups is 1. The maximum absolute atomic E-state index is 12.2. The molecule has 128 valence electrons. The van der Waals surface area contributed by atoms with Crippen LogP contribution in [-0.4, -0.2) is 29.0 Å². The molecule has 1 atom stereocenters. The minimum Gasteiger partial charge on any atom is -0.479 e. The summed E-state index contributed by atoms with van der Waals surface area (Å²) in [4.78, 5) is 41.5. The van der Waals surface area contributed by atoms with Crippen molar-refractivity contribution in [3.63, 3.8) is 0 Å². The highest BCUT2D eigenvalue weighted by atomic mass is 35.5. The third kappa shape index (κ3) is 3.21. The van der Waals surface area contributed by atoms with Crippen LogP contribution in [0.2, 0.25) is 5.02 Å². The minimum absolute atomic E-state index is 0.197. The lowest BCUT2D eigenvalue weighted by atomic mass is 10.1. The molecule has 1 aliphatic heterocycles. The van der Waals surface area contributed by atoms with E-state index in [1.54, 1.807) is 37.3 Å². The van der Waals surface area contributed by atoms with Crippen molar-refractivity contribution >= 4 is 29.4 Å². The number of hydroxylamine groups is 2. The normalized spacial score (nSPS) is 14.3. The number of hydrogen-bond donors (Lipinski definition) is 0. The summed E-state index contributed by atoms with van der Waals surface area (Å²) in [5.74, 6) is -1.76. The van der Waals surface area contributed by atoms with E-state index in [0.29, 0.717) is 15.8 Å². The fourth-order valence-electron chi connectivity index (χ4n) is 2.40. The van der Waals surface area contributed by atoms with Crippen LogP contribution in [0.15, 0.2) is 42.5 Å². The van der Waals surface area contributed by atoms with Gasteiger partial charge in [0, 0.05) is 5.02 Å². The van der Waals surface area contributed by atoms with E-state index in [1.807, 2.05) is 0 Å². The number of nitrogens with zero attached hydrogens (tertiary/aromatic N) is 1. The zero-order valence-electron chi connectivity index (χ0n) is 13.5. The summed E-state index contributed by atoms with van der Waals surface area (Å²) in [6, 6.07) is 11.2. The van der Waals surface area contributed by atoms with E-state index in [9.17, 15) is 14.4 Å². The summed E-state index contributed by atoms with van der Waals surface area (Å²) in [6.07, 6.45) is -1.02. The Kier molecular flexibility index (Phi) is 4.46. The fourth-order valence-corrected chi connectivity index (χ4v) is 2.62. The third-order valence-corrected chi connectivity index (χ3v) is 3.95. The molecular weight excluding hydrogens is 346 g/mol. The second-order valence-corrected chi connectivity index (χ2v) is 5.97. The van der Waals surface area contributed by atoms with Crippen LogP contribution in [0.1, 0.15) is 33.2 Å². The first-order valence-electron chi connectivity index (χ1n) is 7.51. The number of benzene rings is 2. The fraction of sp³-hybridized carbons (Fsp3) is 0.167. The molecule has 7 heteroatoms. The van der Waals surface area contributed by atoms with Gasteiger partial charge >= 0.3 is 5.97 Å². The van der Waals surface area contributed by atoms with Gasteiger partial charge in [0.25, 0.3) is 11.8 Å². The summed E-state index contributed by atoms with van der Waals surface area (Å²) >= 11 is 5.88. The molecule has 0 bridgehead atoms. The quantitative estimate of drug-likeness (QED) is 0.784. The van der Waals surface area contributed by atoms with Crippen molar-refractivity contribution in [3.8, 4) is 5.75 Å². The zero-order valence-corrected chi connectivity index (χ0v) is 14.2. The van der Waals surface area contributed by atoms with Crippen LogP contribution in [-0.2, 0) is 9.63 Å². The van der Waals surface area contributed by atoms with Gasteiger partial charge in [0.1, 0.15) is 5.75 Å². The molecule has 0 saturated carbocycles. The van der Waals surface area contributed by atoms with E-state index in [0.717, 1.165) is 5.56 Å². The lowest BCUT2D eigenvalue weighted by Crippen LogP contribution is -2.37. The Morgan fingerprint density at radius 1 is 1.08 bits per heavy atom. The highest BCUT2D eigenvalue weighted by Crippen LogP contribution is 2.25. The van der Waals surface area contributed by atoms with Crippen LogP contribution >= 0.6 is 11.6 Å². The Bertz CT molecular complexity index is 845. The van der Waals surface area contributed by atoms with Gasteiger partial charge in [-0.25, -0.2) is 4.79 Å². The average Bonchev–Trinajstić information content (AvgIpc) is 2.82. The zero-order chi connectivity index (χ0) is 18.1. The second kappa shape index (κ2) is 6.57. The van der Waals surface area contributed by atoms with E-state index in [4.69, 9.17) is 21.2 Å². The molecule has 6 nitrogen and oxygen atoms in total. The molecule has 0 saturated heterocycles. The lowest BCUT2D eigenvalue weighted by molar-refractivity contribution is -0.176. The van der Waals surface area contributed by atoms with Crippen molar-refractivity contribution in [1.29, 1.82) is 0 Å². The predicted octanol–water partition coefficient (Wildman–Crippen LogP) is 3.17.